The lowest BCUT2D eigenvalue weighted by Crippen LogP contribution is -2.33. The number of amides is 1. The first-order chi connectivity index (χ1) is 9.24. The third-order valence-electron chi connectivity index (χ3n) is 3.76. The molecule has 1 unspecified atom stereocenters. The van der Waals surface area contributed by atoms with Crippen LogP contribution < -0.4 is 11.1 Å². The molecule has 0 radical (unpaired) electrons. The highest BCUT2D eigenvalue weighted by Gasteiger charge is 2.48. The predicted molar refractivity (Wildman–Crippen MR) is 80.9 cm³/mol. The van der Waals surface area contributed by atoms with Crippen molar-refractivity contribution in [1.29, 1.82) is 0 Å². The third-order valence-corrected chi connectivity index (χ3v) is 3.76. The zero-order chi connectivity index (χ0) is 15.0. The second-order valence-corrected chi connectivity index (χ2v) is 6.62. The summed E-state index contributed by atoms with van der Waals surface area (Å²) in [6, 6.07) is 7.92. The molecule has 1 saturated carbocycles. The van der Waals surface area contributed by atoms with E-state index in [1.165, 1.54) is 0 Å². The van der Waals surface area contributed by atoms with E-state index in [0.29, 0.717) is 0 Å². The molecule has 110 valence electrons. The average Bonchev–Trinajstić information content (AvgIpc) is 3.08. The fourth-order valence-corrected chi connectivity index (χ4v) is 2.54. The van der Waals surface area contributed by atoms with Gasteiger partial charge < -0.3 is 10.5 Å². The van der Waals surface area contributed by atoms with Gasteiger partial charge in [0, 0.05) is 17.1 Å². The molecule has 1 aliphatic carbocycles. The number of carbonyl (C=O) groups is 1. The van der Waals surface area contributed by atoms with E-state index in [9.17, 15) is 4.79 Å². The van der Waals surface area contributed by atoms with Crippen LogP contribution >= 0.6 is 0 Å². The fourth-order valence-electron chi connectivity index (χ4n) is 2.54. The minimum absolute atomic E-state index is 0.00556. The summed E-state index contributed by atoms with van der Waals surface area (Å²) in [6.07, 6.45) is 1.71. The highest BCUT2D eigenvalue weighted by Crippen LogP contribution is 2.52. The largest absolute Gasteiger partial charge is 0.444 e. The molecule has 1 aromatic rings. The number of ether oxygens (including phenoxy) is 1. The van der Waals surface area contributed by atoms with Crippen molar-refractivity contribution < 1.29 is 9.53 Å². The van der Waals surface area contributed by atoms with Crippen molar-refractivity contribution in [2.45, 2.75) is 57.6 Å². The van der Waals surface area contributed by atoms with E-state index in [1.807, 2.05) is 52.0 Å². The number of para-hydroxylation sites is 1. The molecule has 1 aromatic carbocycles. The monoisotopic (exact) mass is 276 g/mol. The molecule has 0 aliphatic heterocycles. The lowest BCUT2D eigenvalue weighted by Gasteiger charge is -2.24. The van der Waals surface area contributed by atoms with E-state index in [4.69, 9.17) is 10.5 Å². The van der Waals surface area contributed by atoms with E-state index in [2.05, 4.69) is 5.32 Å². The molecule has 0 aromatic heterocycles. The second-order valence-electron chi connectivity index (χ2n) is 6.62. The topological polar surface area (TPSA) is 64.3 Å². The van der Waals surface area contributed by atoms with Crippen molar-refractivity contribution in [2.24, 2.45) is 5.73 Å². The molecule has 2 rings (SSSR count). The van der Waals surface area contributed by atoms with Gasteiger partial charge in [0.1, 0.15) is 5.60 Å². The summed E-state index contributed by atoms with van der Waals surface area (Å²) in [7, 11) is 0. The Labute approximate surface area is 120 Å². The van der Waals surface area contributed by atoms with Gasteiger partial charge in [-0.25, -0.2) is 4.79 Å². The molecule has 0 bridgehead atoms. The summed E-state index contributed by atoms with van der Waals surface area (Å²) in [6.45, 7) is 7.58. The van der Waals surface area contributed by atoms with Crippen LogP contribution in [-0.4, -0.2) is 17.7 Å². The molecule has 0 spiro atoms. The number of benzene rings is 1. The highest BCUT2D eigenvalue weighted by atomic mass is 16.6. The Balaban J connectivity index is 2.20. The second kappa shape index (κ2) is 5.09. The average molecular weight is 276 g/mol. The zero-order valence-corrected chi connectivity index (χ0v) is 12.7. The van der Waals surface area contributed by atoms with E-state index in [-0.39, 0.29) is 11.5 Å². The molecule has 1 fully saturated rings. The van der Waals surface area contributed by atoms with Crippen LogP contribution in [0, 0.1) is 0 Å². The van der Waals surface area contributed by atoms with E-state index in [1.54, 1.807) is 0 Å². The predicted octanol–water partition coefficient (Wildman–Crippen LogP) is 3.41. The SMILES string of the molecule is CC(N)C1(c2ccccc2NC(=O)OC(C)(C)C)CC1. The zero-order valence-electron chi connectivity index (χ0n) is 12.7. The van der Waals surface area contributed by atoms with Gasteiger partial charge in [-0.3, -0.25) is 5.32 Å². The summed E-state index contributed by atoms with van der Waals surface area (Å²) in [4.78, 5) is 11.9. The third kappa shape index (κ3) is 3.12. The Kier molecular flexibility index (Phi) is 3.78. The van der Waals surface area contributed by atoms with E-state index >= 15 is 0 Å². The van der Waals surface area contributed by atoms with E-state index < -0.39 is 11.7 Å². The number of rotatable bonds is 3. The number of anilines is 1. The van der Waals surface area contributed by atoms with E-state index in [0.717, 1.165) is 24.1 Å². The Hall–Kier alpha value is -1.55. The van der Waals surface area contributed by atoms with Gasteiger partial charge in [0.25, 0.3) is 0 Å². The van der Waals surface area contributed by atoms with Crippen LogP contribution in [0.25, 0.3) is 0 Å². The molecule has 4 heteroatoms. The van der Waals surface area contributed by atoms with Crippen LogP contribution in [-0.2, 0) is 10.2 Å². The van der Waals surface area contributed by atoms with Crippen molar-refractivity contribution in [1.82, 2.24) is 0 Å². The molecular weight excluding hydrogens is 252 g/mol. The summed E-state index contributed by atoms with van der Waals surface area (Å²) in [5.41, 5.74) is 7.54. The molecule has 3 N–H and O–H groups in total. The minimum Gasteiger partial charge on any atom is -0.444 e. The van der Waals surface area contributed by atoms with Gasteiger partial charge in [0.2, 0.25) is 0 Å². The van der Waals surface area contributed by atoms with Crippen LogP contribution in [0.5, 0.6) is 0 Å². The molecular formula is C16H24N2O2. The van der Waals surface area contributed by atoms with Crippen molar-refractivity contribution in [3.63, 3.8) is 0 Å². The lowest BCUT2D eigenvalue weighted by atomic mass is 9.88. The summed E-state index contributed by atoms with van der Waals surface area (Å²) in [5.74, 6) is 0. The number of hydrogen-bond donors (Lipinski definition) is 2. The van der Waals surface area contributed by atoms with Crippen molar-refractivity contribution in [2.75, 3.05) is 5.32 Å². The molecule has 0 heterocycles. The van der Waals surface area contributed by atoms with Crippen molar-refractivity contribution >= 4 is 11.8 Å². The Morgan fingerprint density at radius 1 is 1.35 bits per heavy atom. The minimum atomic E-state index is -0.503. The number of hydrogen-bond acceptors (Lipinski definition) is 3. The first-order valence-electron chi connectivity index (χ1n) is 7.10. The maximum absolute atomic E-state index is 11.9. The first-order valence-corrected chi connectivity index (χ1v) is 7.10. The smallest absolute Gasteiger partial charge is 0.412 e. The van der Waals surface area contributed by atoms with Crippen LogP contribution in [0.4, 0.5) is 10.5 Å². The van der Waals surface area contributed by atoms with Crippen LogP contribution in [0.3, 0.4) is 0 Å². The first kappa shape index (κ1) is 14.9. The van der Waals surface area contributed by atoms with Gasteiger partial charge in [-0.15, -0.1) is 0 Å². The Bertz CT molecular complexity index is 499. The van der Waals surface area contributed by atoms with Gasteiger partial charge in [-0.2, -0.15) is 0 Å². The molecule has 4 nitrogen and oxygen atoms in total. The Morgan fingerprint density at radius 2 is 1.95 bits per heavy atom. The van der Waals surface area contributed by atoms with Crippen LogP contribution in [0.1, 0.15) is 46.1 Å². The van der Waals surface area contributed by atoms with Gasteiger partial charge in [0.05, 0.1) is 0 Å². The normalized spacial score (nSPS) is 18.2. The molecule has 1 aliphatic rings. The standard InChI is InChI=1S/C16H24N2O2/c1-11(17)16(9-10-16)12-7-5-6-8-13(12)18-14(19)20-15(2,3)4/h5-8,11H,9-10,17H2,1-4H3,(H,18,19). The lowest BCUT2D eigenvalue weighted by molar-refractivity contribution is 0.0635. The maximum atomic E-state index is 11.9. The molecule has 1 atom stereocenters. The van der Waals surface area contributed by atoms with Crippen molar-refractivity contribution in [3.05, 3.63) is 29.8 Å². The summed E-state index contributed by atoms with van der Waals surface area (Å²) >= 11 is 0. The Morgan fingerprint density at radius 3 is 2.45 bits per heavy atom. The number of nitrogens with one attached hydrogen (secondary N) is 1. The number of nitrogens with two attached hydrogens (primary N) is 1. The molecule has 1 amide bonds. The van der Waals surface area contributed by atoms with Crippen LogP contribution in [0.15, 0.2) is 24.3 Å². The van der Waals surface area contributed by atoms with Gasteiger partial charge in [-0.05, 0) is 52.2 Å². The molecule has 20 heavy (non-hydrogen) atoms. The summed E-state index contributed by atoms with van der Waals surface area (Å²) in [5, 5.41) is 2.85. The van der Waals surface area contributed by atoms with Gasteiger partial charge in [0.15, 0.2) is 0 Å². The fraction of sp³-hybridized carbons (Fsp3) is 0.562. The van der Waals surface area contributed by atoms with Crippen LogP contribution in [0.2, 0.25) is 0 Å². The quantitative estimate of drug-likeness (QED) is 0.889. The van der Waals surface area contributed by atoms with Gasteiger partial charge in [-0.1, -0.05) is 18.2 Å². The number of carbonyl (C=O) groups excluding carboxylic acids is 1. The maximum Gasteiger partial charge on any atom is 0.412 e. The van der Waals surface area contributed by atoms with Gasteiger partial charge >= 0.3 is 6.09 Å². The summed E-state index contributed by atoms with van der Waals surface area (Å²) < 4.78 is 5.31. The highest BCUT2D eigenvalue weighted by molar-refractivity contribution is 5.86. The van der Waals surface area contributed by atoms with Crippen molar-refractivity contribution in [3.8, 4) is 0 Å². The molecule has 0 saturated heterocycles.